The number of thiazole rings is 1. The molecule has 4 rings (SSSR count). The molecule has 0 N–H and O–H groups in total. The Labute approximate surface area is 176 Å². The second-order valence-electron chi connectivity index (χ2n) is 7.22. The Morgan fingerprint density at radius 2 is 1.90 bits per heavy atom. The maximum absolute atomic E-state index is 13.0. The summed E-state index contributed by atoms with van der Waals surface area (Å²) in [5.74, 6) is 0.0783. The second-order valence-corrected chi connectivity index (χ2v) is 9.24. The third-order valence-electron chi connectivity index (χ3n) is 5.04. The van der Waals surface area contributed by atoms with E-state index in [-0.39, 0.29) is 11.5 Å². The lowest BCUT2D eigenvalue weighted by atomic mass is 10.2. The summed E-state index contributed by atoms with van der Waals surface area (Å²) in [6.07, 6.45) is 3.16. The molecule has 0 radical (unpaired) electrons. The zero-order valence-electron chi connectivity index (χ0n) is 16.8. The number of amides is 1. The van der Waals surface area contributed by atoms with Crippen LogP contribution in [-0.4, -0.2) is 56.6 Å². The van der Waals surface area contributed by atoms with E-state index < -0.39 is 0 Å². The van der Waals surface area contributed by atoms with Gasteiger partial charge in [-0.3, -0.25) is 9.59 Å². The average Bonchev–Trinajstić information content (AvgIpc) is 3.29. The largest absolute Gasteiger partial charge is 0.343 e. The third kappa shape index (κ3) is 4.04. The number of fused-ring (bicyclic) bond motifs is 1. The molecule has 0 aromatic carbocycles. The number of hydrogen-bond donors (Lipinski definition) is 0. The summed E-state index contributed by atoms with van der Waals surface area (Å²) < 4.78 is 1.71. The van der Waals surface area contributed by atoms with Gasteiger partial charge in [-0.25, -0.2) is 9.50 Å². The SMILES string of the molecule is CCCCc1nc(C)c(C(=O)N2CCN(c3nn4c(C)cc(=O)nc4s3)CC2)s1. The van der Waals surface area contributed by atoms with Crippen molar-refractivity contribution in [1.82, 2.24) is 24.5 Å². The fraction of sp³-hybridized carbons (Fsp3) is 0.526. The van der Waals surface area contributed by atoms with E-state index in [0.29, 0.717) is 31.1 Å². The molecule has 1 saturated heterocycles. The van der Waals surface area contributed by atoms with Gasteiger partial charge in [-0.2, -0.15) is 4.98 Å². The minimum Gasteiger partial charge on any atom is -0.343 e. The van der Waals surface area contributed by atoms with Gasteiger partial charge in [-0.05, 0) is 26.7 Å². The number of anilines is 1. The Hall–Kier alpha value is -2.33. The van der Waals surface area contributed by atoms with Crippen molar-refractivity contribution in [3.8, 4) is 0 Å². The topological polar surface area (TPSA) is 83.7 Å². The molecule has 0 saturated carbocycles. The van der Waals surface area contributed by atoms with Gasteiger partial charge in [0.2, 0.25) is 10.1 Å². The van der Waals surface area contributed by atoms with Crippen LogP contribution < -0.4 is 10.5 Å². The lowest BCUT2D eigenvalue weighted by molar-refractivity contribution is 0.0750. The lowest BCUT2D eigenvalue weighted by Crippen LogP contribution is -2.48. The molecule has 0 atom stereocenters. The molecule has 29 heavy (non-hydrogen) atoms. The number of hydrogen-bond acceptors (Lipinski definition) is 8. The monoisotopic (exact) mass is 432 g/mol. The molecule has 154 valence electrons. The van der Waals surface area contributed by atoms with E-state index in [4.69, 9.17) is 0 Å². The number of piperazine rings is 1. The van der Waals surface area contributed by atoms with Crippen LogP contribution in [-0.2, 0) is 6.42 Å². The van der Waals surface area contributed by atoms with Crippen LogP contribution in [0.15, 0.2) is 10.9 Å². The quantitative estimate of drug-likeness (QED) is 0.616. The van der Waals surface area contributed by atoms with Crippen molar-refractivity contribution in [3.63, 3.8) is 0 Å². The molecule has 3 aromatic heterocycles. The van der Waals surface area contributed by atoms with Crippen LogP contribution in [0, 0.1) is 13.8 Å². The molecule has 0 bridgehead atoms. The molecule has 0 aliphatic carbocycles. The molecule has 1 aliphatic rings. The van der Waals surface area contributed by atoms with Crippen LogP contribution in [0.2, 0.25) is 0 Å². The Kier molecular flexibility index (Phi) is 5.64. The Balaban J connectivity index is 1.44. The van der Waals surface area contributed by atoms with Crippen molar-refractivity contribution in [2.45, 2.75) is 40.0 Å². The smallest absolute Gasteiger partial charge is 0.274 e. The van der Waals surface area contributed by atoms with E-state index in [2.05, 4.69) is 26.9 Å². The molecule has 1 amide bonds. The van der Waals surface area contributed by atoms with Gasteiger partial charge in [0.25, 0.3) is 11.5 Å². The van der Waals surface area contributed by atoms with Crippen molar-refractivity contribution >= 4 is 38.7 Å². The van der Waals surface area contributed by atoms with Gasteiger partial charge in [0, 0.05) is 37.9 Å². The lowest BCUT2D eigenvalue weighted by Gasteiger charge is -2.34. The van der Waals surface area contributed by atoms with Crippen molar-refractivity contribution in [2.75, 3.05) is 31.1 Å². The van der Waals surface area contributed by atoms with Crippen LogP contribution >= 0.6 is 22.7 Å². The zero-order chi connectivity index (χ0) is 20.5. The first-order valence-electron chi connectivity index (χ1n) is 9.84. The maximum atomic E-state index is 13.0. The highest BCUT2D eigenvalue weighted by Crippen LogP contribution is 2.25. The van der Waals surface area contributed by atoms with E-state index >= 15 is 0 Å². The van der Waals surface area contributed by atoms with Crippen molar-refractivity contribution < 1.29 is 4.79 Å². The molecule has 4 heterocycles. The Morgan fingerprint density at radius 3 is 2.62 bits per heavy atom. The molecule has 1 fully saturated rings. The summed E-state index contributed by atoms with van der Waals surface area (Å²) in [6.45, 7) is 8.62. The highest BCUT2D eigenvalue weighted by Gasteiger charge is 2.27. The molecular weight excluding hydrogens is 408 g/mol. The number of rotatable bonds is 5. The van der Waals surface area contributed by atoms with E-state index in [1.165, 1.54) is 28.7 Å². The summed E-state index contributed by atoms with van der Waals surface area (Å²) in [6, 6.07) is 1.49. The summed E-state index contributed by atoms with van der Waals surface area (Å²) >= 11 is 2.94. The van der Waals surface area contributed by atoms with Crippen LogP contribution in [0.4, 0.5) is 5.13 Å². The molecule has 0 spiro atoms. The predicted molar refractivity (Wildman–Crippen MR) is 115 cm³/mol. The third-order valence-corrected chi connectivity index (χ3v) is 7.21. The first-order valence-corrected chi connectivity index (χ1v) is 11.5. The molecular formula is C19H24N6O2S2. The highest BCUT2D eigenvalue weighted by molar-refractivity contribution is 7.20. The van der Waals surface area contributed by atoms with Gasteiger partial charge in [-0.15, -0.1) is 16.4 Å². The summed E-state index contributed by atoms with van der Waals surface area (Å²) in [5.41, 5.74) is 1.37. The van der Waals surface area contributed by atoms with Gasteiger partial charge in [0.05, 0.1) is 10.7 Å². The van der Waals surface area contributed by atoms with Gasteiger partial charge in [0.15, 0.2) is 0 Å². The van der Waals surface area contributed by atoms with E-state index in [9.17, 15) is 9.59 Å². The second kappa shape index (κ2) is 8.19. The van der Waals surface area contributed by atoms with Crippen LogP contribution in [0.1, 0.15) is 45.8 Å². The fourth-order valence-electron chi connectivity index (χ4n) is 3.40. The van der Waals surface area contributed by atoms with Crippen molar-refractivity contribution in [2.24, 2.45) is 0 Å². The highest BCUT2D eigenvalue weighted by atomic mass is 32.1. The minimum absolute atomic E-state index is 0.0783. The van der Waals surface area contributed by atoms with Crippen molar-refractivity contribution in [1.29, 1.82) is 0 Å². The first kappa shape index (κ1) is 20.0. The normalized spacial score (nSPS) is 14.7. The predicted octanol–water partition coefficient (Wildman–Crippen LogP) is 2.53. The molecule has 10 heteroatoms. The van der Waals surface area contributed by atoms with Gasteiger partial charge >= 0.3 is 0 Å². The Morgan fingerprint density at radius 1 is 1.14 bits per heavy atom. The standard InChI is InChI=1S/C19H24N6O2S2/c1-4-5-6-15-20-13(3)16(28-15)17(27)23-7-9-24(10-8-23)19-22-25-12(2)11-14(26)21-18(25)29-19/h11H,4-10H2,1-3H3. The molecule has 1 aliphatic heterocycles. The van der Waals surface area contributed by atoms with Crippen LogP contribution in [0.3, 0.4) is 0 Å². The van der Waals surface area contributed by atoms with E-state index in [1.54, 1.807) is 4.52 Å². The van der Waals surface area contributed by atoms with Crippen molar-refractivity contribution in [3.05, 3.63) is 37.7 Å². The maximum Gasteiger partial charge on any atom is 0.274 e. The fourth-order valence-corrected chi connectivity index (χ4v) is 5.48. The molecule has 8 nitrogen and oxygen atoms in total. The summed E-state index contributed by atoms with van der Waals surface area (Å²) in [5, 5.41) is 6.48. The van der Waals surface area contributed by atoms with E-state index in [0.717, 1.165) is 45.7 Å². The molecule has 0 unspecified atom stereocenters. The number of aryl methyl sites for hydroxylation is 3. The van der Waals surface area contributed by atoms with Gasteiger partial charge in [-0.1, -0.05) is 24.7 Å². The molecule has 3 aromatic rings. The van der Waals surface area contributed by atoms with E-state index in [1.807, 2.05) is 18.7 Å². The zero-order valence-corrected chi connectivity index (χ0v) is 18.5. The average molecular weight is 433 g/mol. The number of carbonyl (C=O) groups is 1. The number of carbonyl (C=O) groups excluding carboxylic acids is 1. The first-order chi connectivity index (χ1) is 14.0. The number of nitrogens with zero attached hydrogens (tertiary/aromatic N) is 6. The van der Waals surface area contributed by atoms with Gasteiger partial charge in [0.1, 0.15) is 4.88 Å². The summed E-state index contributed by atoms with van der Waals surface area (Å²) in [7, 11) is 0. The van der Waals surface area contributed by atoms with Crippen LogP contribution in [0.25, 0.3) is 4.96 Å². The van der Waals surface area contributed by atoms with Crippen LogP contribution in [0.5, 0.6) is 0 Å². The number of aromatic nitrogens is 4. The minimum atomic E-state index is -0.244. The number of unbranched alkanes of at least 4 members (excludes halogenated alkanes) is 1. The summed E-state index contributed by atoms with van der Waals surface area (Å²) in [4.78, 5) is 38.7. The van der Waals surface area contributed by atoms with Gasteiger partial charge < -0.3 is 9.80 Å². The Bertz CT molecular complexity index is 1090.